The van der Waals surface area contributed by atoms with Gasteiger partial charge in [0.25, 0.3) is 0 Å². The van der Waals surface area contributed by atoms with E-state index in [1.165, 1.54) is 6.07 Å². The van der Waals surface area contributed by atoms with E-state index in [-0.39, 0.29) is 23.6 Å². The molecule has 2 aromatic carbocycles. The fourth-order valence-corrected chi connectivity index (χ4v) is 2.89. The molecule has 1 heterocycles. The van der Waals surface area contributed by atoms with Gasteiger partial charge in [-0.2, -0.15) is 0 Å². The van der Waals surface area contributed by atoms with E-state index in [9.17, 15) is 9.18 Å². The van der Waals surface area contributed by atoms with Gasteiger partial charge in [0.05, 0.1) is 5.69 Å². The van der Waals surface area contributed by atoms with Crippen molar-refractivity contribution in [2.45, 2.75) is 19.3 Å². The molecule has 150 valence electrons. The number of halogens is 1. The van der Waals surface area contributed by atoms with E-state index in [2.05, 4.69) is 15.5 Å². The van der Waals surface area contributed by atoms with Crippen LogP contribution in [0.1, 0.15) is 24.1 Å². The molecule has 0 fully saturated rings. The molecule has 0 saturated heterocycles. The maximum absolute atomic E-state index is 14.6. The summed E-state index contributed by atoms with van der Waals surface area (Å²) in [6.07, 6.45) is 0.570. The number of hydrogen-bond acceptors (Lipinski definition) is 4. The third-order valence-electron chi connectivity index (χ3n) is 4.33. The first-order valence-corrected chi connectivity index (χ1v) is 9.01. The molecule has 0 amide bonds. The molecular formula is C21H21FN4O3. The number of carbonyl (C=O) groups is 1. The fourth-order valence-electron chi connectivity index (χ4n) is 2.89. The van der Waals surface area contributed by atoms with Crippen LogP contribution in [0, 0.1) is 5.82 Å². The number of anilines is 1. The highest BCUT2D eigenvalue weighted by Crippen LogP contribution is 2.27. The molecule has 3 aromatic rings. The van der Waals surface area contributed by atoms with E-state index in [1.54, 1.807) is 12.1 Å². The van der Waals surface area contributed by atoms with Crippen LogP contribution in [0.25, 0.3) is 11.1 Å². The maximum atomic E-state index is 14.6. The van der Waals surface area contributed by atoms with Crippen molar-refractivity contribution in [3.8, 4) is 11.1 Å². The van der Waals surface area contributed by atoms with Crippen LogP contribution >= 0.6 is 0 Å². The number of aliphatic carboxylic acids is 1. The molecule has 0 aliphatic rings. The zero-order valence-electron chi connectivity index (χ0n) is 15.8. The summed E-state index contributed by atoms with van der Waals surface area (Å²) >= 11 is 0. The van der Waals surface area contributed by atoms with Crippen LogP contribution in [0.5, 0.6) is 0 Å². The lowest BCUT2D eigenvalue weighted by Gasteiger charge is -2.10. The van der Waals surface area contributed by atoms with Crippen molar-refractivity contribution in [3.63, 3.8) is 0 Å². The quantitative estimate of drug-likeness (QED) is 0.415. The van der Waals surface area contributed by atoms with Gasteiger partial charge in [-0.3, -0.25) is 10.1 Å². The molecule has 0 spiro atoms. The number of nitrogens with two attached hydrogens (primary N) is 1. The van der Waals surface area contributed by atoms with Gasteiger partial charge in [-0.25, -0.2) is 9.38 Å². The number of benzene rings is 2. The van der Waals surface area contributed by atoms with E-state index in [0.29, 0.717) is 17.7 Å². The molecule has 0 aliphatic carbocycles. The molecule has 7 nitrogen and oxygen atoms in total. The summed E-state index contributed by atoms with van der Waals surface area (Å²) in [5.74, 6) is -1.23. The molecule has 0 radical (unpaired) electrons. The Hall–Kier alpha value is -3.68. The van der Waals surface area contributed by atoms with Gasteiger partial charge in [0.2, 0.25) is 5.88 Å². The molecule has 4 N–H and O–H groups in total. The summed E-state index contributed by atoms with van der Waals surface area (Å²) in [5, 5.41) is 15.2. The first kappa shape index (κ1) is 20.1. The van der Waals surface area contributed by atoms with Crippen molar-refractivity contribution in [1.82, 2.24) is 5.16 Å². The fraction of sp³-hybridized carbons (Fsp3) is 0.190. The number of guanidine groups is 1. The highest BCUT2D eigenvalue weighted by atomic mass is 19.1. The van der Waals surface area contributed by atoms with Gasteiger partial charge >= 0.3 is 5.97 Å². The molecule has 1 unspecified atom stereocenters. The molecule has 3 rings (SSSR count). The summed E-state index contributed by atoms with van der Waals surface area (Å²) in [4.78, 5) is 14.1. The molecule has 0 bridgehead atoms. The molecule has 1 atom stereocenters. The number of nitrogens with zero attached hydrogens (tertiary/aromatic N) is 2. The van der Waals surface area contributed by atoms with Crippen LogP contribution in [0.15, 0.2) is 64.1 Å². The number of hydrogen-bond donors (Lipinski definition) is 3. The van der Waals surface area contributed by atoms with Crippen LogP contribution in [-0.4, -0.2) is 28.7 Å². The third-order valence-corrected chi connectivity index (χ3v) is 4.33. The highest BCUT2D eigenvalue weighted by Gasteiger charge is 2.15. The number of aromatic nitrogens is 1. The van der Waals surface area contributed by atoms with E-state index >= 15 is 0 Å². The minimum absolute atomic E-state index is 0.0338. The Morgan fingerprint density at radius 2 is 2.03 bits per heavy atom. The Morgan fingerprint density at radius 1 is 1.28 bits per heavy atom. The first-order valence-electron chi connectivity index (χ1n) is 9.01. The molecular weight excluding hydrogens is 375 g/mol. The zero-order valence-corrected chi connectivity index (χ0v) is 15.8. The average molecular weight is 396 g/mol. The van der Waals surface area contributed by atoms with Crippen LogP contribution in [-0.2, 0) is 11.2 Å². The summed E-state index contributed by atoms with van der Waals surface area (Å²) in [7, 11) is 0. The average Bonchev–Trinajstić information content (AvgIpc) is 3.16. The minimum Gasteiger partial charge on any atom is -0.480 e. The molecule has 29 heavy (non-hydrogen) atoms. The second-order valence-electron chi connectivity index (χ2n) is 6.62. The summed E-state index contributed by atoms with van der Waals surface area (Å²) < 4.78 is 19.7. The Labute approximate surface area is 167 Å². The number of carboxylic acid groups (broad SMARTS) is 1. The van der Waals surface area contributed by atoms with E-state index < -0.39 is 12.5 Å². The van der Waals surface area contributed by atoms with Crippen molar-refractivity contribution in [3.05, 3.63) is 71.7 Å². The summed E-state index contributed by atoms with van der Waals surface area (Å²) in [6.45, 7) is 1.51. The lowest BCUT2D eigenvalue weighted by molar-refractivity contribution is -0.135. The van der Waals surface area contributed by atoms with Crippen LogP contribution in [0.4, 0.5) is 10.3 Å². The predicted octanol–water partition coefficient (Wildman–Crippen LogP) is 3.64. The normalized spacial score (nSPS) is 12.6. The Kier molecular flexibility index (Phi) is 6.23. The van der Waals surface area contributed by atoms with Crippen molar-refractivity contribution >= 4 is 17.8 Å². The third kappa shape index (κ3) is 5.41. The minimum atomic E-state index is -1.09. The second-order valence-corrected chi connectivity index (χ2v) is 6.62. The standard InChI is InChI=1S/C21H21FN4O3/c1-13(18-11-19(29-26-18)25-21(23)24-12-20(27)28)9-14-7-8-16(17(22)10-14)15-5-3-2-4-6-15/h2-8,10-11,13H,9,12H2,1H3,(H,27,28)(H3,23,24,25). The molecule has 0 saturated carbocycles. The van der Waals surface area contributed by atoms with Crippen molar-refractivity contribution in [2.75, 3.05) is 11.9 Å². The largest absolute Gasteiger partial charge is 0.480 e. The van der Waals surface area contributed by atoms with E-state index in [1.807, 2.05) is 43.3 Å². The monoisotopic (exact) mass is 396 g/mol. The second kappa shape index (κ2) is 9.01. The number of nitrogens with one attached hydrogen (secondary N) is 1. The maximum Gasteiger partial charge on any atom is 0.325 e. The van der Waals surface area contributed by atoms with Crippen molar-refractivity contribution < 1.29 is 18.8 Å². The van der Waals surface area contributed by atoms with E-state index in [0.717, 1.165) is 11.1 Å². The summed E-state index contributed by atoms with van der Waals surface area (Å²) in [5.41, 5.74) is 8.48. The number of aliphatic imine (C=N–C) groups is 1. The zero-order chi connectivity index (χ0) is 20.8. The lowest BCUT2D eigenvalue weighted by atomic mass is 9.96. The number of rotatable bonds is 7. The lowest BCUT2D eigenvalue weighted by Crippen LogP contribution is -2.23. The molecule has 0 aliphatic heterocycles. The Balaban J connectivity index is 1.65. The topological polar surface area (TPSA) is 114 Å². The SMILES string of the molecule is CC(Cc1ccc(-c2ccccc2)c(F)c1)c1cc(NC(N)=NCC(=O)O)on1. The van der Waals surface area contributed by atoms with Gasteiger partial charge in [0.1, 0.15) is 12.4 Å². The van der Waals surface area contributed by atoms with E-state index in [4.69, 9.17) is 15.4 Å². The van der Waals surface area contributed by atoms with Gasteiger partial charge in [0, 0.05) is 17.5 Å². The van der Waals surface area contributed by atoms with Crippen LogP contribution in [0.3, 0.4) is 0 Å². The van der Waals surface area contributed by atoms with Crippen LogP contribution in [0.2, 0.25) is 0 Å². The van der Waals surface area contributed by atoms with Gasteiger partial charge in [0.15, 0.2) is 5.96 Å². The number of carboxylic acids is 1. The molecule has 1 aromatic heterocycles. The first-order chi connectivity index (χ1) is 13.9. The van der Waals surface area contributed by atoms with Gasteiger partial charge in [-0.05, 0) is 23.6 Å². The Morgan fingerprint density at radius 3 is 2.72 bits per heavy atom. The molecule has 8 heteroatoms. The highest BCUT2D eigenvalue weighted by molar-refractivity contribution is 5.92. The summed E-state index contributed by atoms with van der Waals surface area (Å²) in [6, 6.07) is 16.3. The van der Waals surface area contributed by atoms with Gasteiger partial charge in [-0.1, -0.05) is 54.5 Å². The van der Waals surface area contributed by atoms with Gasteiger partial charge in [-0.15, -0.1) is 0 Å². The van der Waals surface area contributed by atoms with Crippen LogP contribution < -0.4 is 11.1 Å². The Bertz CT molecular complexity index is 1020. The van der Waals surface area contributed by atoms with Gasteiger partial charge < -0.3 is 15.4 Å². The smallest absolute Gasteiger partial charge is 0.325 e. The predicted molar refractivity (Wildman–Crippen MR) is 108 cm³/mol. The van der Waals surface area contributed by atoms with Crippen molar-refractivity contribution in [2.24, 2.45) is 10.7 Å². The van der Waals surface area contributed by atoms with Crippen molar-refractivity contribution in [1.29, 1.82) is 0 Å².